The number of carbonyl (C=O) groups excluding carboxylic acids is 1. The van der Waals surface area contributed by atoms with E-state index in [1.165, 1.54) is 12.3 Å². The minimum atomic E-state index is -0.899. The number of nitrogens with zero attached hydrogens (tertiary/aromatic N) is 2. The number of aromatic hydroxyl groups is 1. The molecule has 0 atom stereocenters. The second kappa shape index (κ2) is 9.40. The van der Waals surface area contributed by atoms with Gasteiger partial charge in [0.15, 0.2) is 0 Å². The Morgan fingerprint density at radius 1 is 1.21 bits per heavy atom. The van der Waals surface area contributed by atoms with Crippen LogP contribution in [0.2, 0.25) is 0 Å². The van der Waals surface area contributed by atoms with E-state index in [-0.39, 0.29) is 12.3 Å². The number of nitrogens with one attached hydrogen (secondary N) is 2. The van der Waals surface area contributed by atoms with Crippen molar-refractivity contribution in [2.75, 3.05) is 0 Å². The van der Waals surface area contributed by atoms with Crippen LogP contribution in [0.15, 0.2) is 67.2 Å². The lowest BCUT2D eigenvalue weighted by Crippen LogP contribution is -2.39. The van der Waals surface area contributed by atoms with Crippen LogP contribution in [0.4, 0.5) is 0 Å². The van der Waals surface area contributed by atoms with Crippen molar-refractivity contribution in [3.8, 4) is 22.9 Å². The molecule has 0 aliphatic rings. The van der Waals surface area contributed by atoms with Crippen LogP contribution in [-0.4, -0.2) is 25.8 Å². The highest BCUT2D eigenvalue weighted by atomic mass is 79.9. The molecule has 0 fully saturated rings. The van der Waals surface area contributed by atoms with Crippen molar-refractivity contribution in [3.63, 3.8) is 0 Å². The first kappa shape index (κ1) is 23.1. The van der Waals surface area contributed by atoms with Gasteiger partial charge in [-0.15, -0.1) is 0 Å². The highest BCUT2D eigenvalue weighted by Crippen LogP contribution is 2.34. The molecule has 0 saturated carbocycles. The van der Waals surface area contributed by atoms with Gasteiger partial charge in [0.05, 0.1) is 23.0 Å². The van der Waals surface area contributed by atoms with Crippen molar-refractivity contribution in [3.05, 3.63) is 96.6 Å². The van der Waals surface area contributed by atoms with Gasteiger partial charge in [0.2, 0.25) is 5.69 Å². The Kier molecular flexibility index (Phi) is 6.37. The Balaban J connectivity index is 1.65. The number of hydrogen-bond donors (Lipinski definition) is 3. The lowest BCUT2D eigenvalue weighted by molar-refractivity contribution is 0.0939. The number of phenolic OH excluding ortho intramolecular Hbond substituents is 1. The van der Waals surface area contributed by atoms with E-state index in [1.807, 2.05) is 0 Å². The van der Waals surface area contributed by atoms with Gasteiger partial charge in [-0.05, 0) is 83.4 Å². The van der Waals surface area contributed by atoms with Crippen molar-refractivity contribution in [2.24, 2.45) is 0 Å². The lowest BCUT2D eigenvalue weighted by atomic mass is 10.1. The molecule has 0 bridgehead atoms. The third kappa shape index (κ3) is 4.79. The maximum Gasteiger partial charge on any atom is 0.349 e. The van der Waals surface area contributed by atoms with Gasteiger partial charge in [0.25, 0.3) is 11.5 Å². The molecular weight excluding hydrogens is 508 g/mol. The Morgan fingerprint density at radius 3 is 2.59 bits per heavy atom. The number of phenols is 1. The fraction of sp³-hybridized carbons (Fsp3) is 0.130. The Labute approximate surface area is 201 Å². The number of halogens is 1. The van der Waals surface area contributed by atoms with Crippen molar-refractivity contribution >= 4 is 21.8 Å². The summed E-state index contributed by atoms with van der Waals surface area (Å²) in [5.41, 5.74) is -0.441. The largest absolute Gasteiger partial charge is 0.507 e. The zero-order valence-electron chi connectivity index (χ0n) is 18.1. The Bertz CT molecular complexity index is 1470. The summed E-state index contributed by atoms with van der Waals surface area (Å²) >= 11 is 3.25. The van der Waals surface area contributed by atoms with Crippen LogP contribution in [0.1, 0.15) is 27.4 Å². The average molecular weight is 527 g/mol. The molecule has 2 heterocycles. The predicted molar refractivity (Wildman–Crippen MR) is 126 cm³/mol. The van der Waals surface area contributed by atoms with E-state index < -0.39 is 22.9 Å². The number of aromatic amines is 1. The van der Waals surface area contributed by atoms with Gasteiger partial charge in [-0.2, -0.15) is 9.78 Å². The van der Waals surface area contributed by atoms with Gasteiger partial charge in [0, 0.05) is 0 Å². The molecule has 4 rings (SSSR count). The van der Waals surface area contributed by atoms with Crippen molar-refractivity contribution < 1.29 is 19.1 Å². The zero-order valence-corrected chi connectivity index (χ0v) is 19.7. The fourth-order valence-corrected chi connectivity index (χ4v) is 3.63. The number of ether oxygens (including phenoxy) is 1. The summed E-state index contributed by atoms with van der Waals surface area (Å²) in [7, 11) is 0. The van der Waals surface area contributed by atoms with Crippen LogP contribution < -0.4 is 21.3 Å². The molecule has 2 aromatic heterocycles. The van der Waals surface area contributed by atoms with Gasteiger partial charge in [-0.1, -0.05) is 0 Å². The quantitative estimate of drug-likeness (QED) is 0.350. The highest BCUT2D eigenvalue weighted by molar-refractivity contribution is 9.10. The molecule has 1 amide bonds. The molecule has 3 N–H and O–H groups in total. The molecule has 10 nitrogen and oxygen atoms in total. The smallest absolute Gasteiger partial charge is 0.349 e. The van der Waals surface area contributed by atoms with Crippen LogP contribution in [0.3, 0.4) is 0 Å². The van der Waals surface area contributed by atoms with E-state index in [0.717, 1.165) is 4.68 Å². The SMILES string of the molecule is Cc1cc(-n2nc(C(=O)NCc3ccco3)c(=O)[nH]c2=O)cc(C)c1Oc1ccc(O)c(Br)c1. The van der Waals surface area contributed by atoms with Crippen molar-refractivity contribution in [2.45, 2.75) is 20.4 Å². The number of furan rings is 1. The van der Waals surface area contributed by atoms with Gasteiger partial charge in [-0.3, -0.25) is 14.6 Å². The molecule has 2 aromatic carbocycles. The van der Waals surface area contributed by atoms with E-state index in [0.29, 0.717) is 38.5 Å². The summed E-state index contributed by atoms with van der Waals surface area (Å²) in [6.45, 7) is 3.63. The number of aromatic nitrogens is 3. The Morgan fingerprint density at radius 2 is 1.94 bits per heavy atom. The molecule has 0 aliphatic carbocycles. The van der Waals surface area contributed by atoms with Crippen molar-refractivity contribution in [1.82, 2.24) is 20.1 Å². The minimum absolute atomic E-state index is 0.0592. The third-order valence-electron chi connectivity index (χ3n) is 4.87. The number of carbonyl (C=O) groups is 1. The Hall–Kier alpha value is -4.12. The number of rotatable bonds is 6. The van der Waals surface area contributed by atoms with Gasteiger partial charge < -0.3 is 19.6 Å². The number of amides is 1. The second-order valence-electron chi connectivity index (χ2n) is 7.41. The maximum atomic E-state index is 12.5. The zero-order chi connectivity index (χ0) is 24.4. The molecule has 11 heteroatoms. The molecular formula is C23H19BrN4O6. The van der Waals surface area contributed by atoms with E-state index in [9.17, 15) is 19.5 Å². The maximum absolute atomic E-state index is 12.5. The summed E-state index contributed by atoms with van der Waals surface area (Å²) in [6, 6.07) is 11.4. The minimum Gasteiger partial charge on any atom is -0.507 e. The van der Waals surface area contributed by atoms with Gasteiger partial charge in [-0.25, -0.2) is 4.79 Å². The van der Waals surface area contributed by atoms with E-state index in [4.69, 9.17) is 9.15 Å². The molecule has 0 aliphatic heterocycles. The number of benzene rings is 2. The standard InChI is InChI=1S/C23H19BrN4O6/c1-12-8-14(9-13(2)20(12)34-15-5-6-18(29)17(24)10-15)28-23(32)26-22(31)19(27-28)21(30)25-11-16-4-3-7-33-16/h3-10,29H,11H2,1-2H3,(H,25,30)(H,26,31,32). The molecule has 174 valence electrons. The molecule has 34 heavy (non-hydrogen) atoms. The van der Waals surface area contributed by atoms with E-state index in [1.54, 1.807) is 50.2 Å². The third-order valence-corrected chi connectivity index (χ3v) is 5.51. The van der Waals surface area contributed by atoms with E-state index >= 15 is 0 Å². The number of aryl methyl sites for hydroxylation is 2. The fourth-order valence-electron chi connectivity index (χ4n) is 3.27. The van der Waals surface area contributed by atoms with Crippen LogP contribution >= 0.6 is 15.9 Å². The van der Waals surface area contributed by atoms with E-state index in [2.05, 4.69) is 31.3 Å². The monoisotopic (exact) mass is 526 g/mol. The lowest BCUT2D eigenvalue weighted by Gasteiger charge is -2.15. The first-order valence-corrected chi connectivity index (χ1v) is 10.8. The molecule has 4 aromatic rings. The highest BCUT2D eigenvalue weighted by Gasteiger charge is 2.18. The van der Waals surface area contributed by atoms with Crippen molar-refractivity contribution in [1.29, 1.82) is 0 Å². The number of hydrogen-bond acceptors (Lipinski definition) is 7. The van der Waals surface area contributed by atoms with Crippen LogP contribution in [-0.2, 0) is 6.54 Å². The summed E-state index contributed by atoms with van der Waals surface area (Å²) in [6.07, 6.45) is 1.46. The van der Waals surface area contributed by atoms with Crippen LogP contribution in [0.25, 0.3) is 5.69 Å². The predicted octanol–water partition coefficient (Wildman–Crippen LogP) is 3.32. The molecule has 0 radical (unpaired) electrons. The van der Waals surface area contributed by atoms with Crippen LogP contribution in [0.5, 0.6) is 17.2 Å². The average Bonchev–Trinajstić information content (AvgIpc) is 3.30. The summed E-state index contributed by atoms with van der Waals surface area (Å²) < 4.78 is 12.6. The van der Waals surface area contributed by atoms with Gasteiger partial charge >= 0.3 is 5.69 Å². The first-order chi connectivity index (χ1) is 16.2. The van der Waals surface area contributed by atoms with Crippen LogP contribution in [0, 0.1) is 13.8 Å². The molecule has 0 saturated heterocycles. The summed E-state index contributed by atoms with van der Waals surface area (Å²) in [5.74, 6) is 0.885. The number of H-pyrrole nitrogens is 1. The van der Waals surface area contributed by atoms with Gasteiger partial charge in [0.1, 0.15) is 23.0 Å². The second-order valence-corrected chi connectivity index (χ2v) is 8.26. The first-order valence-electron chi connectivity index (χ1n) is 10.0. The normalized spacial score (nSPS) is 10.8. The summed E-state index contributed by atoms with van der Waals surface area (Å²) in [4.78, 5) is 39.3. The molecule has 0 unspecified atom stereocenters. The topological polar surface area (TPSA) is 139 Å². The molecule has 0 spiro atoms. The summed E-state index contributed by atoms with van der Waals surface area (Å²) in [5, 5.41) is 16.2.